The molecule has 0 atom stereocenters. The third-order valence-corrected chi connectivity index (χ3v) is 4.16. The van der Waals surface area contributed by atoms with Gasteiger partial charge in [0.25, 0.3) is 5.91 Å². The summed E-state index contributed by atoms with van der Waals surface area (Å²) in [6.45, 7) is 0. The first-order chi connectivity index (χ1) is 12.6. The number of hydrogen-bond acceptors (Lipinski definition) is 3. The second-order valence-electron chi connectivity index (χ2n) is 5.83. The summed E-state index contributed by atoms with van der Waals surface area (Å²) < 4.78 is 5.21. The number of amides is 1. The molecule has 1 amide bonds. The third kappa shape index (κ3) is 3.81. The minimum atomic E-state index is -0.135. The van der Waals surface area contributed by atoms with Crippen LogP contribution in [0.15, 0.2) is 66.7 Å². The van der Waals surface area contributed by atoms with Crippen LogP contribution in [0.4, 0.5) is 0 Å². The summed E-state index contributed by atoms with van der Waals surface area (Å²) in [5.74, 6) is 0.583. The fourth-order valence-electron chi connectivity index (χ4n) is 2.66. The van der Waals surface area contributed by atoms with Crippen LogP contribution in [0.25, 0.3) is 16.8 Å². The van der Waals surface area contributed by atoms with Crippen LogP contribution in [0.5, 0.6) is 5.75 Å². The highest BCUT2D eigenvalue weighted by Gasteiger charge is 2.05. The van der Waals surface area contributed by atoms with Crippen molar-refractivity contribution in [2.75, 3.05) is 14.2 Å². The first kappa shape index (κ1) is 17.4. The Morgan fingerprint density at radius 1 is 0.885 bits per heavy atom. The molecular formula is C22H19NO3. The maximum atomic E-state index is 12.4. The molecule has 0 bridgehead atoms. The van der Waals surface area contributed by atoms with Gasteiger partial charge in [0.1, 0.15) is 5.75 Å². The summed E-state index contributed by atoms with van der Waals surface area (Å²) in [6, 6.07) is 18.4. The van der Waals surface area contributed by atoms with Gasteiger partial charge >= 0.3 is 0 Å². The Morgan fingerprint density at radius 2 is 1.54 bits per heavy atom. The lowest BCUT2D eigenvalue weighted by Crippen LogP contribution is -2.17. The number of hydrogen-bond donors (Lipinski definition) is 1. The normalized spacial score (nSPS) is 10.8. The lowest BCUT2D eigenvalue weighted by molar-refractivity contribution is 0.0962. The average Bonchev–Trinajstić information content (AvgIpc) is 2.70. The molecule has 0 fully saturated rings. The van der Waals surface area contributed by atoms with Gasteiger partial charge in [0.2, 0.25) is 0 Å². The first-order valence-corrected chi connectivity index (χ1v) is 8.23. The Bertz CT molecular complexity index is 988. The highest BCUT2D eigenvalue weighted by Crippen LogP contribution is 2.22. The lowest BCUT2D eigenvalue weighted by Gasteiger charge is -2.04. The number of nitrogens with one attached hydrogen (secondary N) is 1. The van der Waals surface area contributed by atoms with Gasteiger partial charge < -0.3 is 10.1 Å². The molecule has 0 unspecified atom stereocenters. The van der Waals surface area contributed by atoms with E-state index in [1.165, 1.54) is 0 Å². The molecule has 0 aliphatic carbocycles. The Labute approximate surface area is 152 Å². The van der Waals surface area contributed by atoms with Gasteiger partial charge in [-0.25, -0.2) is 0 Å². The molecular weight excluding hydrogens is 326 g/mol. The van der Waals surface area contributed by atoms with Crippen LogP contribution in [-0.4, -0.2) is 25.8 Å². The van der Waals surface area contributed by atoms with E-state index in [2.05, 4.69) is 5.32 Å². The van der Waals surface area contributed by atoms with Crippen LogP contribution >= 0.6 is 0 Å². The van der Waals surface area contributed by atoms with Crippen molar-refractivity contribution < 1.29 is 14.3 Å². The van der Waals surface area contributed by atoms with Crippen LogP contribution in [0.2, 0.25) is 0 Å². The molecule has 0 saturated carbocycles. The minimum Gasteiger partial charge on any atom is -0.497 e. The highest BCUT2D eigenvalue weighted by atomic mass is 16.5. The van der Waals surface area contributed by atoms with E-state index in [0.717, 1.165) is 22.1 Å². The molecule has 0 aliphatic rings. The van der Waals surface area contributed by atoms with Gasteiger partial charge in [-0.1, -0.05) is 36.4 Å². The van der Waals surface area contributed by atoms with E-state index in [9.17, 15) is 9.59 Å². The standard InChI is InChI=1S/C22H19NO3/c1-23-22(25)16-6-3-15(4-7-16)5-12-21(24)19-9-8-18-14-20(26-2)11-10-17(18)13-19/h3-14H,1-2H3,(H,23,25). The van der Waals surface area contributed by atoms with Gasteiger partial charge in [-0.15, -0.1) is 0 Å². The zero-order valence-electron chi connectivity index (χ0n) is 14.7. The fraction of sp³-hybridized carbons (Fsp3) is 0.0909. The summed E-state index contributed by atoms with van der Waals surface area (Å²) in [5, 5.41) is 4.58. The maximum Gasteiger partial charge on any atom is 0.251 e. The smallest absolute Gasteiger partial charge is 0.251 e. The fourth-order valence-corrected chi connectivity index (χ4v) is 2.66. The SMILES string of the molecule is CNC(=O)c1ccc(C=CC(=O)c2ccc3cc(OC)ccc3c2)cc1. The molecule has 0 aromatic heterocycles. The van der Waals surface area contributed by atoms with Crippen molar-refractivity contribution >= 4 is 28.5 Å². The van der Waals surface area contributed by atoms with Crippen molar-refractivity contribution in [2.45, 2.75) is 0 Å². The van der Waals surface area contributed by atoms with Gasteiger partial charge in [0.15, 0.2) is 5.78 Å². The Morgan fingerprint density at radius 3 is 2.23 bits per heavy atom. The molecule has 3 aromatic carbocycles. The van der Waals surface area contributed by atoms with E-state index in [4.69, 9.17) is 4.74 Å². The Kier molecular flexibility index (Phi) is 5.13. The lowest BCUT2D eigenvalue weighted by atomic mass is 10.0. The van der Waals surface area contributed by atoms with E-state index in [1.807, 2.05) is 36.4 Å². The van der Waals surface area contributed by atoms with E-state index >= 15 is 0 Å². The van der Waals surface area contributed by atoms with Crippen LogP contribution in [0.1, 0.15) is 26.3 Å². The van der Waals surface area contributed by atoms with Crippen LogP contribution in [0.3, 0.4) is 0 Å². The van der Waals surface area contributed by atoms with E-state index in [1.54, 1.807) is 50.6 Å². The number of allylic oxidation sites excluding steroid dienone is 1. The first-order valence-electron chi connectivity index (χ1n) is 8.23. The number of benzene rings is 3. The molecule has 4 nitrogen and oxygen atoms in total. The number of rotatable bonds is 5. The van der Waals surface area contributed by atoms with Crippen molar-refractivity contribution in [2.24, 2.45) is 0 Å². The number of carbonyl (C=O) groups is 2. The largest absolute Gasteiger partial charge is 0.497 e. The van der Waals surface area contributed by atoms with E-state index in [0.29, 0.717) is 11.1 Å². The highest BCUT2D eigenvalue weighted by molar-refractivity contribution is 6.08. The average molecular weight is 345 g/mol. The molecule has 0 spiro atoms. The molecule has 3 aromatic rings. The van der Waals surface area contributed by atoms with E-state index in [-0.39, 0.29) is 11.7 Å². The molecule has 3 rings (SSSR count). The van der Waals surface area contributed by atoms with Crippen LogP contribution in [-0.2, 0) is 0 Å². The second kappa shape index (κ2) is 7.66. The van der Waals surface area contributed by atoms with Gasteiger partial charge in [0.05, 0.1) is 7.11 Å². The van der Waals surface area contributed by atoms with Gasteiger partial charge in [-0.2, -0.15) is 0 Å². The molecule has 26 heavy (non-hydrogen) atoms. The second-order valence-corrected chi connectivity index (χ2v) is 5.83. The number of ketones is 1. The van der Waals surface area contributed by atoms with Crippen molar-refractivity contribution in [3.8, 4) is 5.75 Å². The topological polar surface area (TPSA) is 55.4 Å². The number of methoxy groups -OCH3 is 1. The molecule has 0 aliphatic heterocycles. The summed E-state index contributed by atoms with van der Waals surface area (Å²) in [4.78, 5) is 24.0. The van der Waals surface area contributed by atoms with Gasteiger partial charge in [-0.3, -0.25) is 9.59 Å². The number of fused-ring (bicyclic) bond motifs is 1. The monoisotopic (exact) mass is 345 g/mol. The summed E-state index contributed by atoms with van der Waals surface area (Å²) in [7, 11) is 3.22. The molecule has 0 heterocycles. The summed E-state index contributed by atoms with van der Waals surface area (Å²) in [5.41, 5.74) is 2.07. The molecule has 130 valence electrons. The van der Waals surface area contributed by atoms with Gasteiger partial charge in [0, 0.05) is 18.2 Å². The van der Waals surface area contributed by atoms with Crippen molar-refractivity contribution in [1.29, 1.82) is 0 Å². The Hall–Kier alpha value is -3.40. The van der Waals surface area contributed by atoms with Crippen LogP contribution in [0, 0.1) is 0 Å². The maximum absolute atomic E-state index is 12.4. The predicted octanol–water partition coefficient (Wildman–Crippen LogP) is 4.10. The third-order valence-electron chi connectivity index (χ3n) is 4.16. The zero-order chi connectivity index (χ0) is 18.5. The van der Waals surface area contributed by atoms with Crippen molar-refractivity contribution in [3.05, 3.63) is 83.4 Å². The van der Waals surface area contributed by atoms with Crippen molar-refractivity contribution in [1.82, 2.24) is 5.32 Å². The summed E-state index contributed by atoms with van der Waals surface area (Å²) in [6.07, 6.45) is 3.29. The van der Waals surface area contributed by atoms with Gasteiger partial charge in [-0.05, 0) is 52.7 Å². The number of ether oxygens (including phenoxy) is 1. The van der Waals surface area contributed by atoms with E-state index < -0.39 is 0 Å². The predicted molar refractivity (Wildman–Crippen MR) is 104 cm³/mol. The summed E-state index contributed by atoms with van der Waals surface area (Å²) >= 11 is 0. The number of carbonyl (C=O) groups excluding carboxylic acids is 2. The zero-order valence-corrected chi connectivity index (χ0v) is 14.7. The minimum absolute atomic E-state index is 0.0712. The van der Waals surface area contributed by atoms with Crippen LogP contribution < -0.4 is 10.1 Å². The molecule has 0 radical (unpaired) electrons. The molecule has 0 saturated heterocycles. The van der Waals surface area contributed by atoms with Crippen molar-refractivity contribution in [3.63, 3.8) is 0 Å². The quantitative estimate of drug-likeness (QED) is 0.559. The Balaban J connectivity index is 1.77. The molecule has 4 heteroatoms. The molecule has 1 N–H and O–H groups in total.